The summed E-state index contributed by atoms with van der Waals surface area (Å²) in [5, 5.41) is 9.10. The van der Waals surface area contributed by atoms with Crippen molar-refractivity contribution < 1.29 is 14.3 Å². The van der Waals surface area contributed by atoms with Gasteiger partial charge in [0.05, 0.1) is 5.69 Å². The molecular weight excluding hydrogens is 247 g/mol. The molecule has 98 valence electrons. The van der Waals surface area contributed by atoms with E-state index in [4.69, 9.17) is 5.11 Å². The molecule has 0 unspecified atom stereocenters. The van der Waals surface area contributed by atoms with Gasteiger partial charge in [-0.05, 0) is 36.4 Å². The zero-order valence-electron chi connectivity index (χ0n) is 10.6. The maximum atomic E-state index is 12.9. The van der Waals surface area contributed by atoms with Crippen molar-refractivity contribution in [2.75, 3.05) is 19.0 Å². The van der Waals surface area contributed by atoms with Crippen LogP contribution < -0.4 is 4.90 Å². The van der Waals surface area contributed by atoms with Crippen LogP contribution in [-0.4, -0.2) is 30.2 Å². The Morgan fingerprint density at radius 3 is 2.32 bits per heavy atom. The minimum atomic E-state index is -1.03. The Hall–Kier alpha value is -2.43. The van der Waals surface area contributed by atoms with Gasteiger partial charge in [0, 0.05) is 19.7 Å². The second-order valence-electron chi connectivity index (χ2n) is 4.27. The van der Waals surface area contributed by atoms with Gasteiger partial charge >= 0.3 is 5.97 Å². The number of nitrogens with zero attached hydrogens (tertiary/aromatic N) is 2. The van der Waals surface area contributed by atoms with Crippen LogP contribution in [0.3, 0.4) is 0 Å². The third-order valence-corrected chi connectivity index (χ3v) is 2.67. The Labute approximate surface area is 110 Å². The van der Waals surface area contributed by atoms with Crippen LogP contribution in [0.2, 0.25) is 0 Å². The van der Waals surface area contributed by atoms with Crippen molar-refractivity contribution >= 4 is 11.8 Å². The number of rotatable bonds is 3. The Morgan fingerprint density at radius 1 is 1.16 bits per heavy atom. The molecule has 0 amide bonds. The highest BCUT2D eigenvalue weighted by Gasteiger charge is 2.14. The summed E-state index contributed by atoms with van der Waals surface area (Å²) in [7, 11) is 3.45. The lowest BCUT2D eigenvalue weighted by molar-refractivity contribution is 0.0697. The van der Waals surface area contributed by atoms with E-state index in [1.165, 1.54) is 18.2 Å². The number of pyridine rings is 1. The van der Waals surface area contributed by atoms with Crippen LogP contribution in [0.1, 0.15) is 10.4 Å². The topological polar surface area (TPSA) is 53.4 Å². The standard InChI is InChI=1S/C14H13FN2O2/c1-17(2)13-11(14(18)19)7-8-12(16-13)9-3-5-10(15)6-4-9/h3-8H,1-2H3,(H,18,19). The van der Waals surface area contributed by atoms with Crippen LogP contribution in [0.5, 0.6) is 0 Å². The van der Waals surface area contributed by atoms with Gasteiger partial charge in [0.1, 0.15) is 17.2 Å². The zero-order chi connectivity index (χ0) is 14.0. The molecule has 0 saturated heterocycles. The number of aromatic carboxylic acids is 1. The van der Waals surface area contributed by atoms with E-state index in [0.29, 0.717) is 11.5 Å². The van der Waals surface area contributed by atoms with Gasteiger partial charge in [0.25, 0.3) is 0 Å². The van der Waals surface area contributed by atoms with E-state index in [-0.39, 0.29) is 11.4 Å². The molecule has 0 aliphatic heterocycles. The first-order valence-corrected chi connectivity index (χ1v) is 5.66. The van der Waals surface area contributed by atoms with Crippen molar-refractivity contribution in [2.24, 2.45) is 0 Å². The van der Waals surface area contributed by atoms with Crippen molar-refractivity contribution in [3.8, 4) is 11.3 Å². The highest BCUT2D eigenvalue weighted by Crippen LogP contribution is 2.23. The highest BCUT2D eigenvalue weighted by molar-refractivity contribution is 5.93. The van der Waals surface area contributed by atoms with Crippen molar-refractivity contribution in [3.05, 3.63) is 47.8 Å². The van der Waals surface area contributed by atoms with Crippen LogP contribution in [0.4, 0.5) is 10.2 Å². The molecule has 5 heteroatoms. The lowest BCUT2D eigenvalue weighted by atomic mass is 10.1. The van der Waals surface area contributed by atoms with Crippen molar-refractivity contribution in [3.63, 3.8) is 0 Å². The van der Waals surface area contributed by atoms with Gasteiger partial charge in [-0.15, -0.1) is 0 Å². The number of carboxylic acids is 1. The summed E-state index contributed by atoms with van der Waals surface area (Å²) in [6.07, 6.45) is 0. The lowest BCUT2D eigenvalue weighted by Crippen LogP contribution is -2.16. The molecule has 0 radical (unpaired) electrons. The van der Waals surface area contributed by atoms with E-state index >= 15 is 0 Å². The number of carbonyl (C=O) groups is 1. The molecule has 19 heavy (non-hydrogen) atoms. The fraction of sp³-hybridized carbons (Fsp3) is 0.143. The fourth-order valence-electron chi connectivity index (χ4n) is 1.74. The molecule has 2 rings (SSSR count). The summed E-state index contributed by atoms with van der Waals surface area (Å²) in [6, 6.07) is 9.02. The van der Waals surface area contributed by atoms with Crippen LogP contribution in [0.15, 0.2) is 36.4 Å². The molecule has 1 N–H and O–H groups in total. The molecule has 1 aromatic carbocycles. The van der Waals surface area contributed by atoms with Gasteiger partial charge in [-0.3, -0.25) is 0 Å². The van der Waals surface area contributed by atoms with Gasteiger partial charge in [-0.2, -0.15) is 0 Å². The van der Waals surface area contributed by atoms with Crippen LogP contribution in [0, 0.1) is 5.82 Å². The van der Waals surface area contributed by atoms with Crippen molar-refractivity contribution in [1.29, 1.82) is 0 Å². The third-order valence-electron chi connectivity index (χ3n) is 2.67. The molecule has 0 saturated carbocycles. The number of halogens is 1. The monoisotopic (exact) mass is 260 g/mol. The first-order valence-electron chi connectivity index (χ1n) is 5.66. The Kier molecular flexibility index (Phi) is 3.46. The minimum absolute atomic E-state index is 0.135. The number of carboxylic acid groups (broad SMARTS) is 1. The van der Waals surface area contributed by atoms with E-state index in [1.807, 2.05) is 0 Å². The van der Waals surface area contributed by atoms with Gasteiger partial charge in [0.2, 0.25) is 0 Å². The number of benzene rings is 1. The Morgan fingerprint density at radius 2 is 1.79 bits per heavy atom. The molecule has 0 spiro atoms. The number of anilines is 1. The first kappa shape index (κ1) is 13.0. The molecule has 2 aromatic rings. The number of hydrogen-bond donors (Lipinski definition) is 1. The molecule has 0 aliphatic rings. The van der Waals surface area contributed by atoms with Gasteiger partial charge in [-0.25, -0.2) is 14.2 Å². The minimum Gasteiger partial charge on any atom is -0.478 e. The van der Waals surface area contributed by atoms with Crippen LogP contribution in [-0.2, 0) is 0 Å². The Bertz CT molecular complexity index is 609. The second-order valence-corrected chi connectivity index (χ2v) is 4.27. The van der Waals surface area contributed by atoms with Crippen LogP contribution in [0.25, 0.3) is 11.3 Å². The van der Waals surface area contributed by atoms with E-state index in [2.05, 4.69) is 4.98 Å². The quantitative estimate of drug-likeness (QED) is 0.921. The van der Waals surface area contributed by atoms with E-state index in [1.54, 1.807) is 37.2 Å². The summed E-state index contributed by atoms with van der Waals surface area (Å²) in [6.45, 7) is 0. The molecule has 0 aliphatic carbocycles. The average molecular weight is 260 g/mol. The van der Waals surface area contributed by atoms with E-state index in [9.17, 15) is 9.18 Å². The van der Waals surface area contributed by atoms with E-state index in [0.717, 1.165) is 5.56 Å². The van der Waals surface area contributed by atoms with E-state index < -0.39 is 5.97 Å². The highest BCUT2D eigenvalue weighted by atomic mass is 19.1. The number of aromatic nitrogens is 1. The van der Waals surface area contributed by atoms with Gasteiger partial charge < -0.3 is 10.0 Å². The summed E-state index contributed by atoms with van der Waals surface area (Å²) < 4.78 is 12.9. The Balaban J connectivity index is 2.52. The second kappa shape index (κ2) is 5.06. The predicted octanol–water partition coefficient (Wildman–Crippen LogP) is 2.65. The predicted molar refractivity (Wildman–Crippen MR) is 70.9 cm³/mol. The molecule has 0 fully saturated rings. The maximum absolute atomic E-state index is 12.9. The smallest absolute Gasteiger partial charge is 0.339 e. The molecule has 1 aromatic heterocycles. The summed E-state index contributed by atoms with van der Waals surface area (Å²) >= 11 is 0. The fourth-order valence-corrected chi connectivity index (χ4v) is 1.74. The molecule has 1 heterocycles. The third kappa shape index (κ3) is 2.70. The van der Waals surface area contributed by atoms with Gasteiger partial charge in [0.15, 0.2) is 0 Å². The van der Waals surface area contributed by atoms with Crippen LogP contribution >= 0.6 is 0 Å². The van der Waals surface area contributed by atoms with Gasteiger partial charge in [-0.1, -0.05) is 0 Å². The number of hydrogen-bond acceptors (Lipinski definition) is 3. The molecular formula is C14H13FN2O2. The van der Waals surface area contributed by atoms with Crippen molar-refractivity contribution in [1.82, 2.24) is 4.98 Å². The average Bonchev–Trinajstić information content (AvgIpc) is 2.38. The zero-order valence-corrected chi connectivity index (χ0v) is 10.6. The lowest BCUT2D eigenvalue weighted by Gasteiger charge is -2.15. The molecule has 0 atom stereocenters. The van der Waals surface area contributed by atoms with Crippen molar-refractivity contribution in [2.45, 2.75) is 0 Å². The maximum Gasteiger partial charge on any atom is 0.339 e. The SMILES string of the molecule is CN(C)c1nc(-c2ccc(F)cc2)ccc1C(=O)O. The largest absolute Gasteiger partial charge is 0.478 e. The first-order chi connectivity index (χ1) is 8.99. The summed E-state index contributed by atoms with van der Waals surface area (Å²) in [5.74, 6) is -0.977. The normalized spacial score (nSPS) is 10.3. The summed E-state index contributed by atoms with van der Waals surface area (Å²) in [5.41, 5.74) is 1.48. The molecule has 0 bridgehead atoms. The summed E-state index contributed by atoms with van der Waals surface area (Å²) in [4.78, 5) is 17.1. The molecule has 4 nitrogen and oxygen atoms in total.